The summed E-state index contributed by atoms with van der Waals surface area (Å²) in [5.74, 6) is -0.351. The van der Waals surface area contributed by atoms with Crippen molar-refractivity contribution in [2.45, 2.75) is 25.9 Å². The van der Waals surface area contributed by atoms with Crippen molar-refractivity contribution in [1.82, 2.24) is 0 Å². The maximum atomic E-state index is 12.4. The van der Waals surface area contributed by atoms with Gasteiger partial charge in [0.2, 0.25) is 0 Å². The second-order valence-electron chi connectivity index (χ2n) is 6.38. The number of carbonyl (C=O) groups is 2. The highest BCUT2D eigenvalue weighted by atomic mass is 32.1. The standard InChI is InChI=1S/C22H18O3S/c1-14-10-12-20(26-14)19(23)11-13-21(24)25-22-17-8-4-2-6-15(17)16-7-3-5-9-18(16)22/h2-10,12,22H,11,13H2,1H3. The molecule has 0 radical (unpaired) electrons. The van der Waals surface area contributed by atoms with E-state index in [2.05, 4.69) is 0 Å². The van der Waals surface area contributed by atoms with Crippen molar-refractivity contribution in [2.24, 2.45) is 0 Å². The zero-order valence-electron chi connectivity index (χ0n) is 14.4. The van der Waals surface area contributed by atoms with Crippen molar-refractivity contribution in [3.8, 4) is 11.1 Å². The van der Waals surface area contributed by atoms with Crippen molar-refractivity contribution in [1.29, 1.82) is 0 Å². The summed E-state index contributed by atoms with van der Waals surface area (Å²) >= 11 is 1.46. The Bertz CT molecular complexity index is 941. The van der Waals surface area contributed by atoms with Crippen LogP contribution in [0.25, 0.3) is 11.1 Å². The van der Waals surface area contributed by atoms with Crippen LogP contribution in [0.2, 0.25) is 0 Å². The summed E-state index contributed by atoms with van der Waals surface area (Å²) in [6, 6.07) is 19.7. The normalized spacial score (nSPS) is 12.5. The highest BCUT2D eigenvalue weighted by Crippen LogP contribution is 2.45. The predicted octanol–water partition coefficient (Wildman–Crippen LogP) is 5.33. The van der Waals surface area contributed by atoms with E-state index in [0.29, 0.717) is 4.88 Å². The van der Waals surface area contributed by atoms with Gasteiger partial charge in [-0.3, -0.25) is 9.59 Å². The zero-order valence-corrected chi connectivity index (χ0v) is 15.2. The van der Waals surface area contributed by atoms with Gasteiger partial charge in [-0.2, -0.15) is 0 Å². The first-order valence-electron chi connectivity index (χ1n) is 8.61. The molecule has 2 aromatic carbocycles. The highest BCUT2D eigenvalue weighted by Gasteiger charge is 2.31. The Kier molecular flexibility index (Phi) is 4.43. The molecule has 0 unspecified atom stereocenters. The van der Waals surface area contributed by atoms with Crippen molar-refractivity contribution in [3.05, 3.63) is 81.5 Å². The summed E-state index contributed by atoms with van der Waals surface area (Å²) in [7, 11) is 0. The third-order valence-corrected chi connectivity index (χ3v) is 5.64. The summed E-state index contributed by atoms with van der Waals surface area (Å²) in [5, 5.41) is 0. The van der Waals surface area contributed by atoms with Gasteiger partial charge in [0.25, 0.3) is 0 Å². The SMILES string of the molecule is Cc1ccc(C(=O)CCC(=O)OC2c3ccccc3-c3ccccc32)s1. The van der Waals surface area contributed by atoms with Gasteiger partial charge in [-0.05, 0) is 30.2 Å². The Morgan fingerprint density at radius 2 is 1.50 bits per heavy atom. The first kappa shape index (κ1) is 16.7. The summed E-state index contributed by atoms with van der Waals surface area (Å²) in [5.41, 5.74) is 4.21. The number of hydrogen-bond donors (Lipinski definition) is 0. The fourth-order valence-electron chi connectivity index (χ4n) is 3.35. The quantitative estimate of drug-likeness (QED) is 0.455. The van der Waals surface area contributed by atoms with Crippen LogP contribution in [0.4, 0.5) is 0 Å². The number of ketones is 1. The molecule has 26 heavy (non-hydrogen) atoms. The minimum atomic E-state index is -0.394. The molecule has 130 valence electrons. The lowest BCUT2D eigenvalue weighted by Crippen LogP contribution is -2.12. The molecule has 4 rings (SSSR count). The number of hydrogen-bond acceptors (Lipinski definition) is 4. The lowest BCUT2D eigenvalue weighted by molar-refractivity contribution is -0.147. The summed E-state index contributed by atoms with van der Waals surface area (Å²) < 4.78 is 5.77. The lowest BCUT2D eigenvalue weighted by Gasteiger charge is -2.15. The fraction of sp³-hybridized carbons (Fsp3) is 0.182. The molecule has 1 aliphatic rings. The maximum Gasteiger partial charge on any atom is 0.307 e. The topological polar surface area (TPSA) is 43.4 Å². The first-order chi connectivity index (χ1) is 12.6. The molecule has 0 atom stereocenters. The van der Waals surface area contributed by atoms with Crippen molar-refractivity contribution >= 4 is 23.1 Å². The number of Topliss-reactive ketones (excluding diaryl/α,β-unsaturated/α-hetero) is 1. The van der Waals surface area contributed by atoms with Gasteiger partial charge >= 0.3 is 5.97 Å². The molecule has 0 N–H and O–H groups in total. The number of thiophene rings is 1. The lowest BCUT2D eigenvalue weighted by atomic mass is 10.1. The van der Waals surface area contributed by atoms with Gasteiger partial charge in [0.1, 0.15) is 0 Å². The molecule has 0 saturated heterocycles. The zero-order chi connectivity index (χ0) is 18.1. The Hall–Kier alpha value is -2.72. The average Bonchev–Trinajstić information content (AvgIpc) is 3.23. The molecule has 4 heteroatoms. The van der Waals surface area contributed by atoms with E-state index in [0.717, 1.165) is 27.1 Å². The molecule has 0 saturated carbocycles. The Labute approximate surface area is 156 Å². The van der Waals surface area contributed by atoms with Crippen LogP contribution in [-0.4, -0.2) is 11.8 Å². The summed E-state index contributed by atoms with van der Waals surface area (Å²) in [4.78, 5) is 26.4. The van der Waals surface area contributed by atoms with Gasteiger partial charge < -0.3 is 4.74 Å². The third-order valence-electron chi connectivity index (χ3n) is 4.60. The molecule has 3 aromatic rings. The molecule has 1 aromatic heterocycles. The Balaban J connectivity index is 1.47. The predicted molar refractivity (Wildman–Crippen MR) is 102 cm³/mol. The highest BCUT2D eigenvalue weighted by molar-refractivity contribution is 7.14. The van der Waals surface area contributed by atoms with Crippen LogP contribution in [0.5, 0.6) is 0 Å². The fourth-order valence-corrected chi connectivity index (χ4v) is 4.18. The molecule has 1 aliphatic carbocycles. The molecule has 1 heterocycles. The van der Waals surface area contributed by atoms with Gasteiger partial charge in [0.05, 0.1) is 11.3 Å². The van der Waals surface area contributed by atoms with Crippen molar-refractivity contribution in [3.63, 3.8) is 0 Å². The molecule has 0 amide bonds. The van der Waals surface area contributed by atoms with Gasteiger partial charge in [-0.1, -0.05) is 48.5 Å². The number of ether oxygens (including phenoxy) is 1. The van der Waals surface area contributed by atoms with E-state index in [4.69, 9.17) is 4.74 Å². The number of esters is 1. The van der Waals surface area contributed by atoms with Crippen LogP contribution in [0.3, 0.4) is 0 Å². The molecule has 0 bridgehead atoms. The van der Waals surface area contributed by atoms with E-state index in [-0.39, 0.29) is 24.6 Å². The molecular formula is C22H18O3S. The van der Waals surface area contributed by atoms with E-state index in [1.165, 1.54) is 11.3 Å². The minimum absolute atomic E-state index is 0.00716. The summed E-state index contributed by atoms with van der Waals surface area (Å²) in [6.07, 6.45) is -0.125. The number of carbonyl (C=O) groups excluding carboxylic acids is 2. The van der Waals surface area contributed by atoms with E-state index in [9.17, 15) is 9.59 Å². The van der Waals surface area contributed by atoms with Crippen LogP contribution >= 0.6 is 11.3 Å². The van der Waals surface area contributed by atoms with Crippen LogP contribution in [0.15, 0.2) is 60.7 Å². The van der Waals surface area contributed by atoms with E-state index in [1.54, 1.807) is 0 Å². The average molecular weight is 362 g/mol. The van der Waals surface area contributed by atoms with Crippen molar-refractivity contribution < 1.29 is 14.3 Å². The minimum Gasteiger partial charge on any atom is -0.452 e. The Morgan fingerprint density at radius 1 is 0.885 bits per heavy atom. The van der Waals surface area contributed by atoms with Gasteiger partial charge in [-0.15, -0.1) is 11.3 Å². The number of fused-ring (bicyclic) bond motifs is 3. The first-order valence-corrected chi connectivity index (χ1v) is 9.42. The van der Waals surface area contributed by atoms with Gasteiger partial charge in [-0.25, -0.2) is 0 Å². The molecule has 3 nitrogen and oxygen atoms in total. The van der Waals surface area contributed by atoms with Gasteiger partial charge in [0.15, 0.2) is 11.9 Å². The van der Waals surface area contributed by atoms with E-state index in [1.807, 2.05) is 67.6 Å². The van der Waals surface area contributed by atoms with E-state index < -0.39 is 6.10 Å². The smallest absolute Gasteiger partial charge is 0.307 e. The Morgan fingerprint density at radius 3 is 2.08 bits per heavy atom. The van der Waals surface area contributed by atoms with Crippen LogP contribution in [-0.2, 0) is 9.53 Å². The van der Waals surface area contributed by atoms with Crippen LogP contribution in [0, 0.1) is 6.92 Å². The van der Waals surface area contributed by atoms with Gasteiger partial charge in [0, 0.05) is 22.4 Å². The van der Waals surface area contributed by atoms with E-state index >= 15 is 0 Å². The summed E-state index contributed by atoms with van der Waals surface area (Å²) in [6.45, 7) is 1.96. The molecule has 0 aliphatic heterocycles. The maximum absolute atomic E-state index is 12.4. The van der Waals surface area contributed by atoms with Crippen molar-refractivity contribution in [2.75, 3.05) is 0 Å². The molecular weight excluding hydrogens is 344 g/mol. The van der Waals surface area contributed by atoms with Crippen LogP contribution in [0.1, 0.15) is 44.6 Å². The third kappa shape index (κ3) is 3.08. The second kappa shape index (κ2) is 6.89. The molecule has 0 spiro atoms. The number of rotatable bonds is 5. The largest absolute Gasteiger partial charge is 0.452 e. The molecule has 0 fully saturated rings. The van der Waals surface area contributed by atoms with Crippen LogP contribution < -0.4 is 0 Å². The monoisotopic (exact) mass is 362 g/mol. The second-order valence-corrected chi connectivity index (χ2v) is 7.67. The number of benzene rings is 2. The number of aryl methyl sites for hydroxylation is 1.